The van der Waals surface area contributed by atoms with Crippen LogP contribution in [0, 0.1) is 0 Å². The van der Waals surface area contributed by atoms with E-state index in [0.717, 1.165) is 12.8 Å². The minimum atomic E-state index is -0.301. The van der Waals surface area contributed by atoms with Crippen LogP contribution in [0.1, 0.15) is 19.0 Å². The summed E-state index contributed by atoms with van der Waals surface area (Å²) in [5.41, 5.74) is 1.07. The molecule has 1 N–H and O–H groups in total. The molecule has 1 aromatic rings. The van der Waals surface area contributed by atoms with Gasteiger partial charge in [0.2, 0.25) is 0 Å². The van der Waals surface area contributed by atoms with E-state index in [1.54, 1.807) is 0 Å². The molecule has 1 unspecified atom stereocenters. The summed E-state index contributed by atoms with van der Waals surface area (Å²) in [7, 11) is 2.03. The maximum absolute atomic E-state index is 10.9. The van der Waals surface area contributed by atoms with Gasteiger partial charge in [-0.2, -0.15) is 0 Å². The summed E-state index contributed by atoms with van der Waals surface area (Å²) in [6.45, 7) is 2.48. The van der Waals surface area contributed by atoms with Gasteiger partial charge in [0.1, 0.15) is 6.61 Å². The highest BCUT2D eigenvalue weighted by atomic mass is 16.6. The van der Waals surface area contributed by atoms with E-state index in [-0.39, 0.29) is 11.6 Å². The summed E-state index contributed by atoms with van der Waals surface area (Å²) >= 11 is 0. The zero-order chi connectivity index (χ0) is 10.9. The van der Waals surface area contributed by atoms with Crippen LogP contribution in [-0.2, 0) is 18.2 Å². The Hall–Kier alpha value is -1.45. The van der Waals surface area contributed by atoms with Crippen molar-refractivity contribution in [3.8, 4) is 0 Å². The first-order valence-corrected chi connectivity index (χ1v) is 5.14. The number of nitrogens with one attached hydrogen (secondary N) is 1. The van der Waals surface area contributed by atoms with Crippen molar-refractivity contribution in [2.24, 2.45) is 7.05 Å². The maximum Gasteiger partial charge on any atom is 0.407 e. The average molecular weight is 208 g/mol. The van der Waals surface area contributed by atoms with Gasteiger partial charge in [-0.15, -0.1) is 0 Å². The van der Waals surface area contributed by atoms with Crippen molar-refractivity contribution >= 4 is 6.09 Å². The first-order chi connectivity index (χ1) is 7.09. The number of aromatic nitrogens is 1. The molecule has 0 aliphatic carbocycles. The van der Waals surface area contributed by atoms with Crippen molar-refractivity contribution < 1.29 is 9.53 Å². The fraction of sp³-hybridized carbons (Fsp3) is 0.545. The van der Waals surface area contributed by atoms with E-state index in [1.807, 2.05) is 26.2 Å². The molecule has 4 nitrogen and oxygen atoms in total. The van der Waals surface area contributed by atoms with Gasteiger partial charge in [-0.3, -0.25) is 0 Å². The van der Waals surface area contributed by atoms with Gasteiger partial charge in [0.15, 0.2) is 0 Å². The molecule has 15 heavy (non-hydrogen) atoms. The number of aryl methyl sites for hydroxylation is 2. The lowest BCUT2D eigenvalue weighted by molar-refractivity contribution is 0.172. The summed E-state index contributed by atoms with van der Waals surface area (Å²) < 4.78 is 7.01. The first kappa shape index (κ1) is 10.1. The Balaban J connectivity index is 1.93. The van der Waals surface area contributed by atoms with Crippen LogP contribution in [0.25, 0.3) is 0 Å². The predicted octanol–water partition coefficient (Wildman–Crippen LogP) is 1.46. The van der Waals surface area contributed by atoms with Crippen molar-refractivity contribution in [1.29, 1.82) is 0 Å². The van der Waals surface area contributed by atoms with Gasteiger partial charge < -0.3 is 14.6 Å². The molecule has 1 fully saturated rings. The van der Waals surface area contributed by atoms with Crippen LogP contribution in [0.2, 0.25) is 0 Å². The quantitative estimate of drug-likeness (QED) is 0.817. The van der Waals surface area contributed by atoms with Crippen LogP contribution in [0.4, 0.5) is 4.79 Å². The first-order valence-electron chi connectivity index (χ1n) is 5.14. The Kier molecular flexibility index (Phi) is 2.42. The minimum Gasteiger partial charge on any atom is -0.447 e. The summed E-state index contributed by atoms with van der Waals surface area (Å²) in [6.07, 6.45) is 3.58. The summed E-state index contributed by atoms with van der Waals surface area (Å²) in [6, 6.07) is 4.13. The lowest BCUT2D eigenvalue weighted by Crippen LogP contribution is -2.40. The van der Waals surface area contributed by atoms with Gasteiger partial charge in [0.25, 0.3) is 0 Å². The second kappa shape index (κ2) is 3.61. The van der Waals surface area contributed by atoms with Gasteiger partial charge in [-0.05, 0) is 31.9 Å². The fourth-order valence-electron chi connectivity index (χ4n) is 1.84. The highest BCUT2D eigenvalue weighted by molar-refractivity contribution is 5.70. The van der Waals surface area contributed by atoms with E-state index in [9.17, 15) is 4.79 Å². The summed E-state index contributed by atoms with van der Waals surface area (Å²) in [4.78, 5) is 10.9. The monoisotopic (exact) mass is 208 g/mol. The molecule has 82 valence electrons. The molecule has 0 saturated carbocycles. The fourth-order valence-corrected chi connectivity index (χ4v) is 1.84. The molecule has 0 radical (unpaired) electrons. The standard InChI is InChI=1S/C11H16N2O2/c1-11(8-15-10(14)12-11)6-5-9-4-3-7-13(9)2/h3-4,7H,5-6,8H2,1-2H3,(H,12,14). The van der Waals surface area contributed by atoms with Crippen LogP contribution >= 0.6 is 0 Å². The zero-order valence-electron chi connectivity index (χ0n) is 9.12. The molecule has 1 aliphatic heterocycles. The summed E-state index contributed by atoms with van der Waals surface area (Å²) in [5.74, 6) is 0. The van der Waals surface area contributed by atoms with Gasteiger partial charge in [0, 0.05) is 18.9 Å². The molecule has 0 bridgehead atoms. The van der Waals surface area contributed by atoms with Crippen LogP contribution in [0.3, 0.4) is 0 Å². The van der Waals surface area contributed by atoms with E-state index in [2.05, 4.69) is 16.0 Å². The molecular formula is C11H16N2O2. The SMILES string of the molecule is Cn1cccc1CCC1(C)COC(=O)N1. The van der Waals surface area contributed by atoms with Crippen LogP contribution in [0.5, 0.6) is 0 Å². The van der Waals surface area contributed by atoms with Crippen molar-refractivity contribution in [3.63, 3.8) is 0 Å². The molecule has 2 heterocycles. The molecule has 1 saturated heterocycles. The normalized spacial score (nSPS) is 25.1. The number of carbonyl (C=O) groups is 1. The second-order valence-electron chi connectivity index (χ2n) is 4.37. The van der Waals surface area contributed by atoms with E-state index < -0.39 is 0 Å². The molecule has 0 aromatic carbocycles. The third-order valence-electron chi connectivity index (χ3n) is 2.91. The molecule has 2 rings (SSSR count). The highest BCUT2D eigenvalue weighted by Gasteiger charge is 2.34. The number of ether oxygens (including phenoxy) is 1. The van der Waals surface area contributed by atoms with E-state index >= 15 is 0 Å². The number of carbonyl (C=O) groups excluding carboxylic acids is 1. The van der Waals surface area contributed by atoms with Gasteiger partial charge in [-0.1, -0.05) is 0 Å². The minimum absolute atomic E-state index is 0.207. The van der Waals surface area contributed by atoms with Crippen molar-refractivity contribution in [2.75, 3.05) is 6.61 Å². The topological polar surface area (TPSA) is 43.3 Å². The lowest BCUT2D eigenvalue weighted by Gasteiger charge is -2.20. The Labute approximate surface area is 89.2 Å². The number of alkyl carbamates (subject to hydrolysis) is 1. The van der Waals surface area contributed by atoms with E-state index in [0.29, 0.717) is 6.61 Å². The van der Waals surface area contributed by atoms with Crippen molar-refractivity contribution in [3.05, 3.63) is 24.0 Å². The lowest BCUT2D eigenvalue weighted by atomic mass is 9.97. The second-order valence-corrected chi connectivity index (χ2v) is 4.37. The van der Waals surface area contributed by atoms with Crippen LogP contribution in [0.15, 0.2) is 18.3 Å². The molecular weight excluding hydrogens is 192 g/mol. The maximum atomic E-state index is 10.9. The molecule has 4 heteroatoms. The Morgan fingerprint density at radius 2 is 2.47 bits per heavy atom. The third kappa shape index (κ3) is 2.14. The van der Waals surface area contributed by atoms with Crippen LogP contribution < -0.4 is 5.32 Å². The highest BCUT2D eigenvalue weighted by Crippen LogP contribution is 2.19. The van der Waals surface area contributed by atoms with Gasteiger partial charge >= 0.3 is 6.09 Å². The van der Waals surface area contributed by atoms with E-state index in [1.165, 1.54) is 5.69 Å². The smallest absolute Gasteiger partial charge is 0.407 e. The Bertz CT molecular complexity index is 372. The number of hydrogen-bond donors (Lipinski definition) is 1. The number of rotatable bonds is 3. The summed E-state index contributed by atoms with van der Waals surface area (Å²) in [5, 5.41) is 2.84. The Morgan fingerprint density at radius 1 is 1.67 bits per heavy atom. The zero-order valence-corrected chi connectivity index (χ0v) is 9.12. The largest absolute Gasteiger partial charge is 0.447 e. The molecule has 0 spiro atoms. The number of cyclic esters (lactones) is 1. The van der Waals surface area contributed by atoms with E-state index in [4.69, 9.17) is 4.74 Å². The van der Waals surface area contributed by atoms with Crippen LogP contribution in [-0.4, -0.2) is 22.8 Å². The van der Waals surface area contributed by atoms with Gasteiger partial charge in [-0.25, -0.2) is 4.79 Å². The molecule has 1 amide bonds. The third-order valence-corrected chi connectivity index (χ3v) is 2.91. The number of nitrogens with zero attached hydrogens (tertiary/aromatic N) is 1. The number of amides is 1. The van der Waals surface area contributed by atoms with Crippen molar-refractivity contribution in [2.45, 2.75) is 25.3 Å². The van der Waals surface area contributed by atoms with Crippen molar-refractivity contribution in [1.82, 2.24) is 9.88 Å². The molecule has 1 atom stereocenters. The predicted molar refractivity (Wildman–Crippen MR) is 56.6 cm³/mol. The molecule has 1 aliphatic rings. The Morgan fingerprint density at radius 3 is 3.00 bits per heavy atom. The average Bonchev–Trinajstić information content (AvgIpc) is 2.71. The molecule has 1 aromatic heterocycles. The number of hydrogen-bond acceptors (Lipinski definition) is 2. The van der Waals surface area contributed by atoms with Gasteiger partial charge in [0.05, 0.1) is 5.54 Å².